The van der Waals surface area contributed by atoms with Gasteiger partial charge in [-0.3, -0.25) is 0 Å². The second-order valence-corrected chi connectivity index (χ2v) is 8.36. The number of ether oxygens (including phenoxy) is 2. The van der Waals surface area contributed by atoms with Crippen molar-refractivity contribution in [2.45, 2.75) is 44.3 Å². The fourth-order valence-corrected chi connectivity index (χ4v) is 3.70. The summed E-state index contributed by atoms with van der Waals surface area (Å²) in [5, 5.41) is 10.0. The summed E-state index contributed by atoms with van der Waals surface area (Å²) < 4.78 is 12.2. The summed E-state index contributed by atoms with van der Waals surface area (Å²) in [5.74, 6) is -0.762. The van der Waals surface area contributed by atoms with Gasteiger partial charge >= 0.3 is 12.1 Å². The van der Waals surface area contributed by atoms with Crippen molar-refractivity contribution in [1.82, 2.24) is 4.31 Å². The van der Waals surface area contributed by atoms with E-state index < -0.39 is 29.8 Å². The number of hydrogen-bond acceptors (Lipinski definition) is 5. The van der Waals surface area contributed by atoms with Gasteiger partial charge in [-0.2, -0.15) is 0 Å². The van der Waals surface area contributed by atoms with E-state index >= 15 is 0 Å². The van der Waals surface area contributed by atoms with Crippen LogP contribution in [0.5, 0.6) is 0 Å². The standard InChI is InChI=1S/C22H27NO5S/c1-22(2,3)28-21(26)23(29-15-16-11-7-5-8-12-16)18(20(24)25)19(27-4)17-13-9-6-10-14-17/h5-14,18-19H,15H2,1-4H3,(H,24,25)/t18-,19?/m0/s1. The summed E-state index contributed by atoms with van der Waals surface area (Å²) in [6.07, 6.45) is -1.58. The molecular formula is C22H27NO5S. The second-order valence-electron chi connectivity index (χ2n) is 7.42. The summed E-state index contributed by atoms with van der Waals surface area (Å²) in [5.41, 5.74) is 0.862. The Morgan fingerprint density at radius 2 is 1.59 bits per heavy atom. The van der Waals surface area contributed by atoms with Gasteiger partial charge < -0.3 is 14.6 Å². The molecule has 2 atom stereocenters. The van der Waals surface area contributed by atoms with Crippen LogP contribution in [0.4, 0.5) is 4.79 Å². The van der Waals surface area contributed by atoms with Crippen LogP contribution in [0, 0.1) is 0 Å². The summed E-state index contributed by atoms with van der Waals surface area (Å²) >= 11 is 1.10. The molecule has 1 amide bonds. The third-order valence-corrected chi connectivity index (χ3v) is 5.08. The maximum Gasteiger partial charge on any atom is 0.421 e. The normalized spacial score (nSPS) is 13.4. The number of carboxylic acid groups (broad SMARTS) is 1. The van der Waals surface area contributed by atoms with Crippen molar-refractivity contribution < 1.29 is 24.2 Å². The van der Waals surface area contributed by atoms with Crippen molar-refractivity contribution in [3.8, 4) is 0 Å². The second kappa shape index (κ2) is 10.3. The fraction of sp³-hybridized carbons (Fsp3) is 0.364. The van der Waals surface area contributed by atoms with Crippen molar-refractivity contribution >= 4 is 24.0 Å². The molecule has 2 aromatic rings. The van der Waals surface area contributed by atoms with E-state index in [2.05, 4.69) is 0 Å². The monoisotopic (exact) mass is 417 g/mol. The third-order valence-electron chi connectivity index (χ3n) is 3.96. The zero-order valence-electron chi connectivity index (χ0n) is 17.1. The van der Waals surface area contributed by atoms with Crippen LogP contribution < -0.4 is 0 Å². The Hall–Kier alpha value is -2.51. The van der Waals surface area contributed by atoms with Crippen molar-refractivity contribution in [2.75, 3.05) is 7.11 Å². The minimum Gasteiger partial charge on any atom is -0.480 e. The van der Waals surface area contributed by atoms with Crippen LogP contribution in [-0.2, 0) is 20.0 Å². The minimum absolute atomic E-state index is 0.412. The third kappa shape index (κ3) is 6.80. The van der Waals surface area contributed by atoms with E-state index in [4.69, 9.17) is 9.47 Å². The van der Waals surface area contributed by atoms with Crippen LogP contribution in [0.25, 0.3) is 0 Å². The van der Waals surface area contributed by atoms with Crippen LogP contribution in [0.15, 0.2) is 60.7 Å². The van der Waals surface area contributed by atoms with Crippen LogP contribution in [0.3, 0.4) is 0 Å². The predicted octanol–water partition coefficient (Wildman–Crippen LogP) is 4.91. The molecule has 1 unspecified atom stereocenters. The van der Waals surface area contributed by atoms with Gasteiger partial charge in [0.05, 0.1) is 0 Å². The van der Waals surface area contributed by atoms with Gasteiger partial charge in [-0.15, -0.1) is 0 Å². The summed E-state index contributed by atoms with van der Waals surface area (Å²) in [6.45, 7) is 5.23. The fourth-order valence-electron chi connectivity index (χ4n) is 2.71. The van der Waals surface area contributed by atoms with Gasteiger partial charge in [-0.1, -0.05) is 60.7 Å². The number of carbonyl (C=O) groups excluding carboxylic acids is 1. The largest absolute Gasteiger partial charge is 0.480 e. The molecule has 29 heavy (non-hydrogen) atoms. The van der Waals surface area contributed by atoms with Gasteiger partial charge in [0.2, 0.25) is 0 Å². The number of rotatable bonds is 8. The summed E-state index contributed by atoms with van der Waals surface area (Å²) in [7, 11) is 1.43. The molecule has 0 aromatic heterocycles. The predicted molar refractivity (Wildman–Crippen MR) is 113 cm³/mol. The molecule has 0 saturated heterocycles. The van der Waals surface area contributed by atoms with Gasteiger partial charge in [0.1, 0.15) is 11.7 Å². The van der Waals surface area contributed by atoms with Crippen LogP contribution in [0.2, 0.25) is 0 Å². The number of benzene rings is 2. The first-order chi connectivity index (χ1) is 13.7. The number of amides is 1. The number of carbonyl (C=O) groups is 2. The smallest absolute Gasteiger partial charge is 0.421 e. The molecule has 0 saturated carbocycles. The maximum atomic E-state index is 12.9. The van der Waals surface area contributed by atoms with Crippen molar-refractivity contribution in [1.29, 1.82) is 0 Å². The molecule has 7 heteroatoms. The first-order valence-electron chi connectivity index (χ1n) is 9.22. The molecule has 156 valence electrons. The van der Waals surface area contributed by atoms with Gasteiger partial charge in [0.25, 0.3) is 0 Å². The van der Waals surface area contributed by atoms with E-state index in [0.717, 1.165) is 17.5 Å². The van der Waals surface area contributed by atoms with E-state index in [1.54, 1.807) is 45.0 Å². The summed E-state index contributed by atoms with van der Waals surface area (Å²) in [6, 6.07) is 17.2. The highest BCUT2D eigenvalue weighted by Crippen LogP contribution is 2.32. The van der Waals surface area contributed by atoms with E-state index in [9.17, 15) is 14.7 Å². The van der Waals surface area contributed by atoms with E-state index in [0.29, 0.717) is 11.3 Å². The van der Waals surface area contributed by atoms with Crippen molar-refractivity contribution in [3.05, 3.63) is 71.8 Å². The molecule has 0 aliphatic heterocycles. The van der Waals surface area contributed by atoms with Crippen LogP contribution in [-0.4, -0.2) is 40.2 Å². The van der Waals surface area contributed by atoms with Crippen LogP contribution in [0.1, 0.15) is 38.0 Å². The molecule has 1 N–H and O–H groups in total. The molecule has 0 radical (unpaired) electrons. The molecule has 0 heterocycles. The first kappa shape index (κ1) is 22.8. The minimum atomic E-state index is -1.27. The molecule has 0 fully saturated rings. The van der Waals surface area contributed by atoms with E-state index in [1.807, 2.05) is 36.4 Å². The van der Waals surface area contributed by atoms with E-state index in [-0.39, 0.29) is 0 Å². The zero-order valence-corrected chi connectivity index (χ0v) is 17.9. The van der Waals surface area contributed by atoms with Crippen molar-refractivity contribution in [3.63, 3.8) is 0 Å². The molecule has 0 spiro atoms. The lowest BCUT2D eigenvalue weighted by molar-refractivity contribution is -0.146. The van der Waals surface area contributed by atoms with Crippen LogP contribution >= 0.6 is 11.9 Å². The number of carboxylic acids is 1. The lowest BCUT2D eigenvalue weighted by Crippen LogP contribution is -2.47. The van der Waals surface area contributed by atoms with E-state index in [1.165, 1.54) is 11.4 Å². The lowest BCUT2D eigenvalue weighted by Gasteiger charge is -2.34. The highest BCUT2D eigenvalue weighted by Gasteiger charge is 2.40. The van der Waals surface area contributed by atoms with Gasteiger partial charge in [-0.25, -0.2) is 13.9 Å². The maximum absolute atomic E-state index is 12.9. The first-order valence-corrected chi connectivity index (χ1v) is 10.2. The molecule has 2 aromatic carbocycles. The Morgan fingerprint density at radius 3 is 2.07 bits per heavy atom. The zero-order chi connectivity index (χ0) is 21.4. The molecule has 2 rings (SSSR count). The molecule has 0 aliphatic rings. The Kier molecular flexibility index (Phi) is 8.10. The molecule has 0 bridgehead atoms. The topological polar surface area (TPSA) is 76.1 Å². The Balaban J connectivity index is 2.37. The average molecular weight is 418 g/mol. The number of aliphatic carboxylic acids is 1. The molecule has 0 aliphatic carbocycles. The Labute approximate surface area is 176 Å². The van der Waals surface area contributed by atoms with Gasteiger partial charge in [-0.05, 0) is 43.8 Å². The highest BCUT2D eigenvalue weighted by atomic mass is 32.2. The molecule has 6 nitrogen and oxygen atoms in total. The number of methoxy groups -OCH3 is 1. The Morgan fingerprint density at radius 1 is 1.03 bits per heavy atom. The number of nitrogens with zero attached hydrogens (tertiary/aromatic N) is 1. The quantitative estimate of drug-likeness (QED) is 0.615. The molecular weight excluding hydrogens is 390 g/mol. The highest BCUT2D eigenvalue weighted by molar-refractivity contribution is 7.96. The van der Waals surface area contributed by atoms with Gasteiger partial charge in [0, 0.05) is 12.9 Å². The van der Waals surface area contributed by atoms with Crippen molar-refractivity contribution in [2.24, 2.45) is 0 Å². The Bertz CT molecular complexity index is 792. The SMILES string of the molecule is COC(c1ccccc1)[C@@H](C(=O)O)N(SCc1ccccc1)C(=O)OC(C)(C)C. The van der Waals surface area contributed by atoms with Gasteiger partial charge in [0.15, 0.2) is 6.04 Å². The number of hydrogen-bond donors (Lipinski definition) is 1. The lowest BCUT2D eigenvalue weighted by atomic mass is 10.0. The summed E-state index contributed by atoms with van der Waals surface area (Å²) in [4.78, 5) is 25.2. The average Bonchev–Trinajstić information content (AvgIpc) is 2.67.